The number of ether oxygens (including phenoxy) is 3. The number of unbranched alkanes of at least 4 members (excludes halogenated alkanes) is 3. The van der Waals surface area contributed by atoms with Crippen LogP contribution < -0.4 is 5.73 Å². The first-order valence-electron chi connectivity index (χ1n) is 6.36. The lowest BCUT2D eigenvalue weighted by Gasteiger charge is -2.08. The second-order valence-electron chi connectivity index (χ2n) is 3.90. The van der Waals surface area contributed by atoms with Crippen molar-refractivity contribution < 1.29 is 14.2 Å². The van der Waals surface area contributed by atoms with E-state index in [-0.39, 0.29) is 6.23 Å². The molecule has 0 aromatic rings. The number of alkyl halides is 1. The fourth-order valence-corrected chi connectivity index (χ4v) is 1.46. The average Bonchev–Trinajstić information content (AvgIpc) is 2.30. The van der Waals surface area contributed by atoms with Crippen LogP contribution in [0.25, 0.3) is 0 Å². The largest absolute Gasteiger partial charge is 0.379 e. The molecule has 0 fully saturated rings. The molecular weight excluding hydrogens is 242 g/mol. The number of hydrogen-bond acceptors (Lipinski definition) is 4. The molecular formula is C12H26ClNO3. The lowest BCUT2D eigenvalue weighted by Crippen LogP contribution is -2.21. The molecule has 0 amide bonds. The Kier molecular flexibility index (Phi) is 14.3. The zero-order valence-corrected chi connectivity index (χ0v) is 11.6. The molecule has 0 heterocycles. The Labute approximate surface area is 110 Å². The Bertz CT molecular complexity index is 148. The number of nitrogens with two attached hydrogens (primary N) is 1. The zero-order valence-electron chi connectivity index (χ0n) is 10.8. The Hall–Kier alpha value is 0.130. The molecule has 0 aromatic carbocycles. The topological polar surface area (TPSA) is 53.7 Å². The van der Waals surface area contributed by atoms with Crippen LogP contribution in [0.5, 0.6) is 0 Å². The molecule has 104 valence electrons. The maximum Gasteiger partial charge on any atom is 0.102 e. The summed E-state index contributed by atoms with van der Waals surface area (Å²) < 4.78 is 15.8. The van der Waals surface area contributed by atoms with Crippen LogP contribution in [-0.4, -0.2) is 45.1 Å². The normalized spacial score (nSPS) is 12.9. The Morgan fingerprint density at radius 1 is 0.882 bits per heavy atom. The van der Waals surface area contributed by atoms with Gasteiger partial charge >= 0.3 is 0 Å². The predicted octanol–water partition coefficient (Wildman–Crippen LogP) is 2.14. The average molecular weight is 268 g/mol. The first-order chi connectivity index (χ1) is 8.27. The van der Waals surface area contributed by atoms with Gasteiger partial charge in [0.05, 0.1) is 26.4 Å². The van der Waals surface area contributed by atoms with E-state index in [0.717, 1.165) is 25.3 Å². The highest BCUT2D eigenvalue weighted by Gasteiger charge is 1.94. The third-order valence-electron chi connectivity index (χ3n) is 2.15. The summed E-state index contributed by atoms with van der Waals surface area (Å²) in [5, 5.41) is 0. The molecule has 0 rings (SSSR count). The van der Waals surface area contributed by atoms with E-state index in [1.54, 1.807) is 6.92 Å². The molecule has 0 aliphatic heterocycles. The van der Waals surface area contributed by atoms with Crippen LogP contribution in [-0.2, 0) is 14.2 Å². The molecule has 0 aliphatic rings. The van der Waals surface area contributed by atoms with Gasteiger partial charge in [-0.1, -0.05) is 12.8 Å². The Balaban J connectivity index is 2.89. The smallest absolute Gasteiger partial charge is 0.102 e. The van der Waals surface area contributed by atoms with Crippen molar-refractivity contribution in [2.24, 2.45) is 5.73 Å². The molecule has 0 bridgehead atoms. The number of halogens is 1. The summed E-state index contributed by atoms with van der Waals surface area (Å²) in [6, 6.07) is 0. The molecule has 0 aromatic heterocycles. The van der Waals surface area contributed by atoms with Gasteiger partial charge in [-0.15, -0.1) is 11.6 Å². The molecule has 1 unspecified atom stereocenters. The van der Waals surface area contributed by atoms with Crippen molar-refractivity contribution in [3.8, 4) is 0 Å². The standard InChI is InChI=1S/C12H26ClNO3/c1-12(14)17-11-10-16-9-8-15-7-5-3-2-4-6-13/h12H,2-11,14H2,1H3. The van der Waals surface area contributed by atoms with Crippen LogP contribution in [0.15, 0.2) is 0 Å². The Morgan fingerprint density at radius 2 is 1.47 bits per heavy atom. The SMILES string of the molecule is CC(N)OCCOCCOCCCCCCCl. The van der Waals surface area contributed by atoms with Gasteiger partial charge in [-0.3, -0.25) is 0 Å². The minimum absolute atomic E-state index is 0.220. The summed E-state index contributed by atoms with van der Waals surface area (Å²) in [7, 11) is 0. The highest BCUT2D eigenvalue weighted by atomic mass is 35.5. The van der Waals surface area contributed by atoms with Crippen LogP contribution in [0.2, 0.25) is 0 Å². The highest BCUT2D eigenvalue weighted by Crippen LogP contribution is 2.00. The van der Waals surface area contributed by atoms with E-state index in [2.05, 4.69) is 0 Å². The van der Waals surface area contributed by atoms with Gasteiger partial charge < -0.3 is 19.9 Å². The van der Waals surface area contributed by atoms with Crippen molar-refractivity contribution >= 4 is 11.6 Å². The molecule has 0 aliphatic carbocycles. The quantitative estimate of drug-likeness (QED) is 0.316. The number of rotatable bonds is 13. The molecule has 17 heavy (non-hydrogen) atoms. The van der Waals surface area contributed by atoms with Crippen LogP contribution >= 0.6 is 11.6 Å². The van der Waals surface area contributed by atoms with Crippen LogP contribution in [0.4, 0.5) is 0 Å². The molecule has 2 N–H and O–H groups in total. The Morgan fingerprint density at radius 3 is 2.12 bits per heavy atom. The summed E-state index contributed by atoms with van der Waals surface area (Å²) in [6.45, 7) is 4.98. The van der Waals surface area contributed by atoms with Gasteiger partial charge in [-0.25, -0.2) is 0 Å². The van der Waals surface area contributed by atoms with Gasteiger partial charge in [0.2, 0.25) is 0 Å². The van der Waals surface area contributed by atoms with Gasteiger partial charge in [-0.05, 0) is 19.8 Å². The van der Waals surface area contributed by atoms with Crippen LogP contribution in [0.3, 0.4) is 0 Å². The maximum atomic E-state index is 5.58. The van der Waals surface area contributed by atoms with E-state index in [4.69, 9.17) is 31.5 Å². The maximum absolute atomic E-state index is 5.58. The summed E-state index contributed by atoms with van der Waals surface area (Å²) in [5.74, 6) is 0.762. The van der Waals surface area contributed by atoms with Crippen LogP contribution in [0, 0.1) is 0 Å². The van der Waals surface area contributed by atoms with Crippen molar-refractivity contribution in [1.29, 1.82) is 0 Å². The third kappa shape index (κ3) is 16.1. The van der Waals surface area contributed by atoms with Gasteiger partial charge in [0.25, 0.3) is 0 Å². The highest BCUT2D eigenvalue weighted by molar-refractivity contribution is 6.17. The van der Waals surface area contributed by atoms with E-state index in [9.17, 15) is 0 Å². The zero-order chi connectivity index (χ0) is 12.8. The van der Waals surface area contributed by atoms with E-state index in [1.807, 2.05) is 0 Å². The summed E-state index contributed by atoms with van der Waals surface area (Å²) in [5.41, 5.74) is 5.41. The van der Waals surface area contributed by atoms with Crippen LogP contribution in [0.1, 0.15) is 32.6 Å². The first kappa shape index (κ1) is 17.1. The fourth-order valence-electron chi connectivity index (χ4n) is 1.27. The van der Waals surface area contributed by atoms with Crippen molar-refractivity contribution in [3.63, 3.8) is 0 Å². The van der Waals surface area contributed by atoms with E-state index >= 15 is 0 Å². The second-order valence-corrected chi connectivity index (χ2v) is 4.28. The predicted molar refractivity (Wildman–Crippen MR) is 70.4 cm³/mol. The van der Waals surface area contributed by atoms with Gasteiger partial charge in [0.1, 0.15) is 6.23 Å². The summed E-state index contributed by atoms with van der Waals surface area (Å²) in [4.78, 5) is 0. The van der Waals surface area contributed by atoms with Crippen molar-refractivity contribution in [2.75, 3.05) is 38.9 Å². The van der Waals surface area contributed by atoms with E-state index in [0.29, 0.717) is 26.4 Å². The second kappa shape index (κ2) is 14.2. The van der Waals surface area contributed by atoms with Gasteiger partial charge in [-0.2, -0.15) is 0 Å². The third-order valence-corrected chi connectivity index (χ3v) is 2.42. The molecule has 0 saturated carbocycles. The summed E-state index contributed by atoms with van der Waals surface area (Å²) in [6.07, 6.45) is 4.37. The fraction of sp³-hybridized carbons (Fsp3) is 1.00. The van der Waals surface area contributed by atoms with Crippen molar-refractivity contribution in [1.82, 2.24) is 0 Å². The molecule has 4 nitrogen and oxygen atoms in total. The molecule has 0 saturated heterocycles. The molecule has 1 atom stereocenters. The van der Waals surface area contributed by atoms with E-state index < -0.39 is 0 Å². The summed E-state index contributed by atoms with van der Waals surface area (Å²) >= 11 is 5.58. The molecule has 0 spiro atoms. The first-order valence-corrected chi connectivity index (χ1v) is 6.89. The van der Waals surface area contributed by atoms with E-state index in [1.165, 1.54) is 12.8 Å². The lowest BCUT2D eigenvalue weighted by molar-refractivity contribution is -0.00475. The number of hydrogen-bond donors (Lipinski definition) is 1. The lowest BCUT2D eigenvalue weighted by atomic mass is 10.2. The molecule has 5 heteroatoms. The molecule has 0 radical (unpaired) electrons. The van der Waals surface area contributed by atoms with Gasteiger partial charge in [0, 0.05) is 12.5 Å². The van der Waals surface area contributed by atoms with Crippen molar-refractivity contribution in [3.05, 3.63) is 0 Å². The minimum Gasteiger partial charge on any atom is -0.379 e. The van der Waals surface area contributed by atoms with Gasteiger partial charge in [0.15, 0.2) is 0 Å². The monoisotopic (exact) mass is 267 g/mol. The van der Waals surface area contributed by atoms with Crippen molar-refractivity contribution in [2.45, 2.75) is 38.8 Å². The minimum atomic E-state index is -0.220.